The lowest BCUT2D eigenvalue weighted by Gasteiger charge is -2.16. The van der Waals surface area contributed by atoms with Gasteiger partial charge < -0.3 is 25.8 Å². The second-order valence-electron chi connectivity index (χ2n) is 5.38. The molecular weight excluding hydrogens is 362 g/mol. The minimum absolute atomic E-state index is 0.0279. The second kappa shape index (κ2) is 9.83. The van der Waals surface area contributed by atoms with Crippen LogP contribution in [0.1, 0.15) is 29.4 Å². The first-order chi connectivity index (χ1) is 12.6. The highest BCUT2D eigenvalue weighted by Gasteiger charge is 2.15. The molecule has 0 atom stereocenters. The van der Waals surface area contributed by atoms with Crippen LogP contribution in [0, 0.1) is 0 Å². The van der Waals surface area contributed by atoms with E-state index in [1.54, 1.807) is 13.2 Å². The highest BCUT2D eigenvalue weighted by molar-refractivity contribution is 6.30. The van der Waals surface area contributed by atoms with Crippen molar-refractivity contribution in [2.45, 2.75) is 19.9 Å². The van der Waals surface area contributed by atoms with Crippen LogP contribution in [0.25, 0.3) is 0 Å². The summed E-state index contributed by atoms with van der Waals surface area (Å²) in [6.07, 6.45) is 0.880. The van der Waals surface area contributed by atoms with Crippen LogP contribution in [0.15, 0.2) is 16.8 Å². The van der Waals surface area contributed by atoms with Crippen molar-refractivity contribution >= 4 is 23.3 Å². The number of rotatable bonds is 10. The molecule has 0 radical (unpaired) electrons. The molecule has 0 spiro atoms. The number of aromatic nitrogens is 2. The Balaban J connectivity index is 1.87. The van der Waals surface area contributed by atoms with Gasteiger partial charge >= 0.3 is 0 Å². The number of hydrogen-bond donors (Lipinski definition) is 3. The Bertz CT molecular complexity index is 737. The fourth-order valence-electron chi connectivity index (χ4n) is 2.20. The molecule has 0 fully saturated rings. The van der Waals surface area contributed by atoms with E-state index in [-0.39, 0.29) is 11.5 Å². The zero-order valence-corrected chi connectivity index (χ0v) is 15.4. The lowest BCUT2D eigenvalue weighted by Crippen LogP contribution is -2.32. The summed E-state index contributed by atoms with van der Waals surface area (Å²) in [5.74, 6) is 0.767. The molecule has 1 aromatic carbocycles. The smallest absolute Gasteiger partial charge is 0.277 e. The third-order valence-corrected chi connectivity index (χ3v) is 3.62. The van der Waals surface area contributed by atoms with E-state index >= 15 is 0 Å². The molecule has 10 heteroatoms. The van der Waals surface area contributed by atoms with Gasteiger partial charge in [-0.2, -0.15) is 0 Å². The number of anilines is 1. The molecule has 0 aliphatic rings. The van der Waals surface area contributed by atoms with Gasteiger partial charge in [0.1, 0.15) is 0 Å². The highest BCUT2D eigenvalue weighted by Crippen LogP contribution is 2.34. The summed E-state index contributed by atoms with van der Waals surface area (Å²) in [5, 5.41) is 13.2. The first-order valence-electron chi connectivity index (χ1n) is 8.13. The van der Waals surface area contributed by atoms with Crippen molar-refractivity contribution in [3.05, 3.63) is 28.4 Å². The van der Waals surface area contributed by atoms with E-state index in [1.807, 2.05) is 13.0 Å². The van der Waals surface area contributed by atoms with E-state index in [9.17, 15) is 4.79 Å². The lowest BCUT2D eigenvalue weighted by molar-refractivity contribution is 0.0944. The Morgan fingerprint density at radius 2 is 2.15 bits per heavy atom. The number of benzene rings is 1. The molecule has 0 unspecified atom stereocenters. The maximum absolute atomic E-state index is 11.8. The number of nitrogen functional groups attached to an aromatic ring is 1. The van der Waals surface area contributed by atoms with Crippen LogP contribution in [0.4, 0.5) is 5.82 Å². The Kier molecular flexibility index (Phi) is 7.49. The number of amides is 1. The summed E-state index contributed by atoms with van der Waals surface area (Å²) in [4.78, 5) is 11.8. The van der Waals surface area contributed by atoms with Crippen molar-refractivity contribution < 1.29 is 18.9 Å². The molecule has 2 rings (SSSR count). The van der Waals surface area contributed by atoms with Gasteiger partial charge in [0.05, 0.1) is 13.7 Å². The van der Waals surface area contributed by atoms with Gasteiger partial charge in [0.15, 0.2) is 11.5 Å². The Morgan fingerprint density at radius 3 is 2.81 bits per heavy atom. The van der Waals surface area contributed by atoms with E-state index in [1.165, 1.54) is 0 Å². The second-order valence-corrected chi connectivity index (χ2v) is 5.81. The minimum atomic E-state index is -0.443. The summed E-state index contributed by atoms with van der Waals surface area (Å²) < 4.78 is 15.5. The van der Waals surface area contributed by atoms with E-state index in [0.29, 0.717) is 42.8 Å². The standard InChI is InChI=1S/C16H22ClN5O4/c1-3-6-25-14-10(7-11(17)8-12(14)24-2)9-19-4-5-20-16(23)13-15(18)22-26-21-13/h7-8,19H,3-6,9H2,1-2H3,(H2,18,22)(H,20,23). The van der Waals surface area contributed by atoms with Gasteiger partial charge in [0, 0.05) is 36.3 Å². The van der Waals surface area contributed by atoms with Gasteiger partial charge in [-0.25, -0.2) is 4.63 Å². The maximum atomic E-state index is 11.8. The molecule has 0 saturated heterocycles. The van der Waals surface area contributed by atoms with Crippen LogP contribution < -0.4 is 25.8 Å². The van der Waals surface area contributed by atoms with Crippen molar-refractivity contribution in [2.75, 3.05) is 32.5 Å². The number of nitrogens with two attached hydrogens (primary N) is 1. The van der Waals surface area contributed by atoms with E-state index in [0.717, 1.165) is 12.0 Å². The Labute approximate surface area is 156 Å². The van der Waals surface area contributed by atoms with Gasteiger partial charge in [-0.3, -0.25) is 4.79 Å². The molecule has 0 aliphatic carbocycles. The van der Waals surface area contributed by atoms with E-state index in [2.05, 4.69) is 25.6 Å². The third-order valence-electron chi connectivity index (χ3n) is 3.40. The molecule has 9 nitrogen and oxygen atoms in total. The normalized spacial score (nSPS) is 10.6. The largest absolute Gasteiger partial charge is 0.493 e. The molecule has 4 N–H and O–H groups in total. The predicted molar refractivity (Wildman–Crippen MR) is 96.5 cm³/mol. The number of nitrogens with one attached hydrogen (secondary N) is 2. The molecule has 1 aromatic heterocycles. The number of halogens is 1. The molecule has 0 aliphatic heterocycles. The first kappa shape index (κ1) is 19.8. The first-order valence-corrected chi connectivity index (χ1v) is 8.50. The Morgan fingerprint density at radius 1 is 1.35 bits per heavy atom. The molecule has 2 aromatic rings. The van der Waals surface area contributed by atoms with Gasteiger partial charge in [-0.1, -0.05) is 18.5 Å². The molecular formula is C16H22ClN5O4. The number of carbonyl (C=O) groups is 1. The third kappa shape index (κ3) is 5.24. The number of carbonyl (C=O) groups excluding carboxylic acids is 1. The lowest BCUT2D eigenvalue weighted by atomic mass is 10.1. The van der Waals surface area contributed by atoms with Crippen LogP contribution >= 0.6 is 11.6 Å². The maximum Gasteiger partial charge on any atom is 0.277 e. The molecule has 0 saturated carbocycles. The zero-order chi connectivity index (χ0) is 18.9. The molecule has 1 amide bonds. The monoisotopic (exact) mass is 383 g/mol. The molecule has 1 heterocycles. The summed E-state index contributed by atoms with van der Waals surface area (Å²) in [6.45, 7) is 3.99. The number of methoxy groups -OCH3 is 1. The molecule has 26 heavy (non-hydrogen) atoms. The average Bonchev–Trinajstić information content (AvgIpc) is 3.06. The van der Waals surface area contributed by atoms with Crippen LogP contribution in [-0.2, 0) is 6.54 Å². The van der Waals surface area contributed by atoms with Gasteiger partial charge in [-0.05, 0) is 22.8 Å². The van der Waals surface area contributed by atoms with Crippen molar-refractivity contribution in [3.8, 4) is 11.5 Å². The van der Waals surface area contributed by atoms with Gasteiger partial charge in [-0.15, -0.1) is 0 Å². The molecule has 0 bridgehead atoms. The number of hydrogen-bond acceptors (Lipinski definition) is 8. The van der Waals surface area contributed by atoms with Crippen molar-refractivity contribution in [1.82, 2.24) is 20.9 Å². The summed E-state index contributed by atoms with van der Waals surface area (Å²) in [7, 11) is 1.57. The van der Waals surface area contributed by atoms with E-state index in [4.69, 9.17) is 26.8 Å². The van der Waals surface area contributed by atoms with Crippen LogP contribution in [0.3, 0.4) is 0 Å². The summed E-state index contributed by atoms with van der Waals surface area (Å²) in [5.41, 5.74) is 6.31. The van der Waals surface area contributed by atoms with Gasteiger partial charge in [0.2, 0.25) is 11.5 Å². The predicted octanol–water partition coefficient (Wildman–Crippen LogP) is 1.62. The topological polar surface area (TPSA) is 125 Å². The zero-order valence-electron chi connectivity index (χ0n) is 14.7. The SMILES string of the molecule is CCCOc1c(CNCCNC(=O)c2nonc2N)cc(Cl)cc1OC. The fourth-order valence-corrected chi connectivity index (χ4v) is 2.43. The van der Waals surface area contributed by atoms with Crippen molar-refractivity contribution in [1.29, 1.82) is 0 Å². The van der Waals surface area contributed by atoms with E-state index < -0.39 is 5.91 Å². The van der Waals surface area contributed by atoms with Crippen LogP contribution in [0.2, 0.25) is 5.02 Å². The number of nitrogens with zero attached hydrogens (tertiary/aromatic N) is 2. The van der Waals surface area contributed by atoms with Crippen LogP contribution in [0.5, 0.6) is 11.5 Å². The summed E-state index contributed by atoms with van der Waals surface area (Å²) >= 11 is 6.13. The minimum Gasteiger partial charge on any atom is -0.493 e. The summed E-state index contributed by atoms with van der Waals surface area (Å²) in [6, 6.07) is 3.54. The van der Waals surface area contributed by atoms with Gasteiger partial charge in [0.25, 0.3) is 5.91 Å². The average molecular weight is 384 g/mol. The number of ether oxygens (including phenoxy) is 2. The Hall–Kier alpha value is -2.52. The quantitative estimate of drug-likeness (QED) is 0.528. The van der Waals surface area contributed by atoms with Crippen LogP contribution in [-0.4, -0.2) is 43.0 Å². The fraction of sp³-hybridized carbons (Fsp3) is 0.438. The molecule has 142 valence electrons. The highest BCUT2D eigenvalue weighted by atomic mass is 35.5. The van der Waals surface area contributed by atoms with Crippen molar-refractivity contribution in [3.63, 3.8) is 0 Å². The van der Waals surface area contributed by atoms with Crippen molar-refractivity contribution in [2.24, 2.45) is 0 Å².